The Morgan fingerprint density at radius 3 is 2.71 bits per heavy atom. The van der Waals surface area contributed by atoms with Gasteiger partial charge in [-0.3, -0.25) is 4.79 Å². The number of methoxy groups -OCH3 is 1. The molecule has 0 bridgehead atoms. The highest BCUT2D eigenvalue weighted by Crippen LogP contribution is 2.39. The fraction of sp³-hybridized carbons (Fsp3) is 0.381. The van der Waals surface area contributed by atoms with Gasteiger partial charge in [0.2, 0.25) is 5.91 Å². The van der Waals surface area contributed by atoms with E-state index in [4.69, 9.17) is 15.2 Å². The zero-order valence-electron chi connectivity index (χ0n) is 16.6. The minimum absolute atomic E-state index is 0.00266. The zero-order valence-corrected chi connectivity index (χ0v) is 16.6. The molecule has 0 unspecified atom stereocenters. The van der Waals surface area contributed by atoms with E-state index in [9.17, 15) is 10.1 Å². The van der Waals surface area contributed by atoms with Crippen LogP contribution in [0.5, 0.6) is 11.5 Å². The minimum Gasteiger partial charge on any atom is -0.493 e. The van der Waals surface area contributed by atoms with Crippen molar-refractivity contribution in [3.8, 4) is 28.7 Å². The summed E-state index contributed by atoms with van der Waals surface area (Å²) in [7, 11) is 1.57. The fourth-order valence-corrected chi connectivity index (χ4v) is 3.45. The van der Waals surface area contributed by atoms with Gasteiger partial charge in [0, 0.05) is 37.6 Å². The van der Waals surface area contributed by atoms with Crippen molar-refractivity contribution < 1.29 is 14.3 Å². The van der Waals surface area contributed by atoms with Gasteiger partial charge in [-0.2, -0.15) is 5.26 Å². The number of aromatic nitrogens is 1. The standard InChI is InChI=1S/C21H24N4O3/c1-12(2)28-18-6-5-14(9-19(18)27-4)20-15(10-22)21(23)24-17-7-8-25(13(3)26)11-16(17)20/h5-6,9,12H,7-8,11H2,1-4H3,(H2,23,24). The fourth-order valence-electron chi connectivity index (χ4n) is 3.45. The number of nitriles is 1. The van der Waals surface area contributed by atoms with E-state index in [-0.39, 0.29) is 17.8 Å². The summed E-state index contributed by atoms with van der Waals surface area (Å²) in [4.78, 5) is 18.1. The van der Waals surface area contributed by atoms with Crippen LogP contribution in [-0.2, 0) is 17.8 Å². The number of nitrogen functional groups attached to an aromatic ring is 1. The molecule has 2 heterocycles. The van der Waals surface area contributed by atoms with Crippen molar-refractivity contribution in [3.63, 3.8) is 0 Å². The Kier molecular flexibility index (Phi) is 5.41. The maximum absolute atomic E-state index is 11.9. The molecule has 1 aliphatic heterocycles. The van der Waals surface area contributed by atoms with Crippen molar-refractivity contribution in [3.05, 3.63) is 35.0 Å². The van der Waals surface area contributed by atoms with Crippen LogP contribution in [0, 0.1) is 11.3 Å². The molecule has 1 aromatic heterocycles. The first-order valence-electron chi connectivity index (χ1n) is 9.17. The first kappa shape index (κ1) is 19.5. The van der Waals surface area contributed by atoms with Crippen molar-refractivity contribution in [1.29, 1.82) is 5.26 Å². The van der Waals surface area contributed by atoms with E-state index >= 15 is 0 Å². The molecule has 2 aromatic rings. The number of nitrogens with zero attached hydrogens (tertiary/aromatic N) is 3. The molecule has 0 aliphatic carbocycles. The third kappa shape index (κ3) is 3.58. The molecular formula is C21H24N4O3. The highest BCUT2D eigenvalue weighted by atomic mass is 16.5. The number of benzene rings is 1. The summed E-state index contributed by atoms with van der Waals surface area (Å²) >= 11 is 0. The minimum atomic E-state index is -0.00908. The number of pyridine rings is 1. The number of fused-ring (bicyclic) bond motifs is 1. The highest BCUT2D eigenvalue weighted by molar-refractivity contribution is 5.82. The molecule has 7 nitrogen and oxygen atoms in total. The first-order valence-corrected chi connectivity index (χ1v) is 9.17. The van der Waals surface area contributed by atoms with Gasteiger partial charge < -0.3 is 20.1 Å². The van der Waals surface area contributed by atoms with Gasteiger partial charge in [0.25, 0.3) is 0 Å². The predicted molar refractivity (Wildman–Crippen MR) is 106 cm³/mol. The lowest BCUT2D eigenvalue weighted by Gasteiger charge is -2.30. The van der Waals surface area contributed by atoms with Gasteiger partial charge in [0.05, 0.1) is 18.9 Å². The monoisotopic (exact) mass is 380 g/mol. The van der Waals surface area contributed by atoms with Crippen LogP contribution in [0.3, 0.4) is 0 Å². The highest BCUT2D eigenvalue weighted by Gasteiger charge is 2.27. The molecule has 0 saturated carbocycles. The van der Waals surface area contributed by atoms with Crippen LogP contribution in [0.25, 0.3) is 11.1 Å². The normalized spacial score (nSPS) is 13.1. The topological polar surface area (TPSA) is 101 Å². The summed E-state index contributed by atoms with van der Waals surface area (Å²) in [6.45, 7) is 6.41. The zero-order chi connectivity index (χ0) is 20.4. The number of rotatable bonds is 4. The number of anilines is 1. The molecule has 2 N–H and O–H groups in total. The number of carbonyl (C=O) groups is 1. The van der Waals surface area contributed by atoms with E-state index in [1.165, 1.54) is 0 Å². The lowest BCUT2D eigenvalue weighted by atomic mass is 9.91. The van der Waals surface area contributed by atoms with Gasteiger partial charge in [-0.1, -0.05) is 6.07 Å². The molecule has 0 spiro atoms. The van der Waals surface area contributed by atoms with Gasteiger partial charge >= 0.3 is 0 Å². The summed E-state index contributed by atoms with van der Waals surface area (Å²) in [5.41, 5.74) is 9.55. The van der Waals surface area contributed by atoms with E-state index in [2.05, 4.69) is 11.1 Å². The van der Waals surface area contributed by atoms with Crippen LogP contribution in [-0.4, -0.2) is 35.5 Å². The van der Waals surface area contributed by atoms with E-state index in [1.807, 2.05) is 32.0 Å². The summed E-state index contributed by atoms with van der Waals surface area (Å²) in [5, 5.41) is 9.73. The van der Waals surface area contributed by atoms with Gasteiger partial charge in [0.1, 0.15) is 17.5 Å². The van der Waals surface area contributed by atoms with Gasteiger partial charge in [0.15, 0.2) is 11.5 Å². The Morgan fingerprint density at radius 2 is 2.11 bits per heavy atom. The molecule has 1 aromatic carbocycles. The SMILES string of the molecule is COc1cc(-c2c(C#N)c(N)nc3c2CN(C(C)=O)CC3)ccc1OC(C)C. The molecule has 1 amide bonds. The largest absolute Gasteiger partial charge is 0.493 e. The summed E-state index contributed by atoms with van der Waals surface area (Å²) in [6.07, 6.45) is 0.603. The molecule has 1 aliphatic rings. The molecular weight excluding hydrogens is 356 g/mol. The van der Waals surface area contributed by atoms with Crippen molar-refractivity contribution in [2.24, 2.45) is 0 Å². The average molecular weight is 380 g/mol. The Morgan fingerprint density at radius 1 is 1.36 bits per heavy atom. The van der Waals surface area contributed by atoms with E-state index in [0.717, 1.165) is 16.8 Å². The number of hydrogen-bond donors (Lipinski definition) is 1. The summed E-state index contributed by atoms with van der Waals surface area (Å²) in [6, 6.07) is 7.71. The Bertz CT molecular complexity index is 963. The Balaban J connectivity index is 2.20. The van der Waals surface area contributed by atoms with Crippen LogP contribution >= 0.6 is 0 Å². The number of nitrogens with two attached hydrogens (primary N) is 1. The van der Waals surface area contributed by atoms with Crippen molar-refractivity contribution >= 4 is 11.7 Å². The summed E-state index contributed by atoms with van der Waals surface area (Å²) in [5.74, 6) is 1.39. The van der Waals surface area contributed by atoms with Crippen LogP contribution < -0.4 is 15.2 Å². The van der Waals surface area contributed by atoms with E-state index in [1.54, 1.807) is 18.9 Å². The van der Waals surface area contributed by atoms with Gasteiger partial charge in [-0.25, -0.2) is 4.98 Å². The van der Waals surface area contributed by atoms with Gasteiger partial charge in [-0.05, 0) is 31.5 Å². The van der Waals surface area contributed by atoms with Crippen LogP contribution in [0.1, 0.15) is 37.6 Å². The summed E-state index contributed by atoms with van der Waals surface area (Å²) < 4.78 is 11.3. The van der Waals surface area contributed by atoms with Crippen molar-refractivity contribution in [1.82, 2.24) is 9.88 Å². The second kappa shape index (κ2) is 7.77. The Hall–Kier alpha value is -3.27. The predicted octanol–water partition coefficient (Wildman–Crippen LogP) is 2.90. The van der Waals surface area contributed by atoms with Gasteiger partial charge in [-0.15, -0.1) is 0 Å². The quantitative estimate of drug-likeness (QED) is 0.875. The third-order valence-electron chi connectivity index (χ3n) is 4.75. The molecule has 0 radical (unpaired) electrons. The smallest absolute Gasteiger partial charge is 0.219 e. The average Bonchev–Trinajstić information content (AvgIpc) is 2.66. The van der Waals surface area contributed by atoms with Crippen LogP contribution in [0.4, 0.5) is 5.82 Å². The maximum Gasteiger partial charge on any atom is 0.219 e. The maximum atomic E-state index is 11.9. The second-order valence-corrected chi connectivity index (χ2v) is 7.01. The number of ether oxygens (including phenoxy) is 2. The molecule has 0 saturated heterocycles. The van der Waals surface area contributed by atoms with Crippen LogP contribution in [0.15, 0.2) is 18.2 Å². The second-order valence-electron chi connectivity index (χ2n) is 7.01. The number of amides is 1. The third-order valence-corrected chi connectivity index (χ3v) is 4.75. The molecule has 3 rings (SSSR count). The van der Waals surface area contributed by atoms with E-state index < -0.39 is 0 Å². The molecule has 28 heavy (non-hydrogen) atoms. The lowest BCUT2D eigenvalue weighted by Crippen LogP contribution is -2.35. The first-order chi connectivity index (χ1) is 13.3. The van der Waals surface area contributed by atoms with Crippen LogP contribution in [0.2, 0.25) is 0 Å². The van der Waals surface area contributed by atoms with Crippen molar-refractivity contribution in [2.75, 3.05) is 19.4 Å². The number of carbonyl (C=O) groups excluding carboxylic acids is 1. The van der Waals surface area contributed by atoms with Crippen molar-refractivity contribution in [2.45, 2.75) is 39.8 Å². The number of hydrogen-bond acceptors (Lipinski definition) is 6. The van der Waals surface area contributed by atoms with E-state index in [0.29, 0.717) is 42.1 Å². The molecule has 7 heteroatoms. The molecule has 0 atom stereocenters. The molecule has 0 fully saturated rings. The Labute approximate surface area is 164 Å². The lowest BCUT2D eigenvalue weighted by molar-refractivity contribution is -0.129. The molecule has 146 valence electrons.